The molecule has 0 bridgehead atoms. The smallest absolute Gasteiger partial charge is 0.303 e. The van der Waals surface area contributed by atoms with Crippen LogP contribution in [-0.4, -0.2) is 28.9 Å². The van der Waals surface area contributed by atoms with Gasteiger partial charge in [-0.3, -0.25) is 9.59 Å². The van der Waals surface area contributed by atoms with Gasteiger partial charge in [-0.15, -0.1) is 0 Å². The zero-order chi connectivity index (χ0) is 16.2. The molecule has 116 valence electrons. The van der Waals surface area contributed by atoms with E-state index in [4.69, 9.17) is 5.11 Å². The SMILES string of the molecule is Cc1cc(C)c(C(=O)C(CCC(=O)O)NC(C)C)c(C)c1. The number of ketones is 1. The molecule has 1 atom stereocenters. The van der Waals surface area contributed by atoms with Crippen molar-refractivity contribution >= 4 is 11.8 Å². The third kappa shape index (κ3) is 4.97. The van der Waals surface area contributed by atoms with Gasteiger partial charge >= 0.3 is 5.97 Å². The van der Waals surface area contributed by atoms with Crippen LogP contribution in [0.2, 0.25) is 0 Å². The Morgan fingerprint density at radius 1 is 1.14 bits per heavy atom. The predicted octanol–water partition coefficient (Wildman–Crippen LogP) is 3.03. The number of nitrogens with one attached hydrogen (secondary N) is 1. The average molecular weight is 291 g/mol. The van der Waals surface area contributed by atoms with Crippen molar-refractivity contribution in [2.75, 3.05) is 0 Å². The molecular formula is C17H25NO3. The van der Waals surface area contributed by atoms with Crippen LogP contribution in [0.1, 0.15) is 53.7 Å². The highest BCUT2D eigenvalue weighted by atomic mass is 16.4. The van der Waals surface area contributed by atoms with Crippen LogP contribution in [0.4, 0.5) is 0 Å². The minimum absolute atomic E-state index is 0.0138. The number of aryl methyl sites for hydroxylation is 3. The molecule has 0 amide bonds. The van der Waals surface area contributed by atoms with Crippen LogP contribution >= 0.6 is 0 Å². The van der Waals surface area contributed by atoms with Crippen LogP contribution in [0.25, 0.3) is 0 Å². The Bertz CT molecular complexity index is 512. The van der Waals surface area contributed by atoms with Crippen molar-refractivity contribution in [3.05, 3.63) is 34.4 Å². The molecule has 0 radical (unpaired) electrons. The molecule has 0 aliphatic rings. The van der Waals surface area contributed by atoms with Crippen molar-refractivity contribution in [2.24, 2.45) is 0 Å². The first kappa shape index (κ1) is 17.4. The fraction of sp³-hybridized carbons (Fsp3) is 0.529. The summed E-state index contributed by atoms with van der Waals surface area (Å²) in [6.45, 7) is 9.77. The van der Waals surface area contributed by atoms with E-state index in [1.165, 1.54) is 0 Å². The van der Waals surface area contributed by atoms with Gasteiger partial charge in [0, 0.05) is 18.0 Å². The summed E-state index contributed by atoms with van der Waals surface area (Å²) in [5.41, 5.74) is 3.73. The largest absolute Gasteiger partial charge is 0.481 e. The number of rotatable bonds is 7. The molecule has 4 heteroatoms. The Morgan fingerprint density at radius 2 is 1.67 bits per heavy atom. The molecule has 4 nitrogen and oxygen atoms in total. The van der Waals surface area contributed by atoms with E-state index in [0.29, 0.717) is 12.0 Å². The number of carbonyl (C=O) groups excluding carboxylic acids is 1. The van der Waals surface area contributed by atoms with Gasteiger partial charge in [0.2, 0.25) is 0 Å². The minimum Gasteiger partial charge on any atom is -0.481 e. The highest BCUT2D eigenvalue weighted by Gasteiger charge is 2.24. The van der Waals surface area contributed by atoms with Crippen molar-refractivity contribution in [3.63, 3.8) is 0 Å². The zero-order valence-corrected chi connectivity index (χ0v) is 13.5. The summed E-state index contributed by atoms with van der Waals surface area (Å²) >= 11 is 0. The first-order chi connectivity index (χ1) is 9.72. The highest BCUT2D eigenvalue weighted by molar-refractivity contribution is 6.02. The first-order valence-electron chi connectivity index (χ1n) is 7.32. The van der Waals surface area contributed by atoms with E-state index in [1.54, 1.807) is 0 Å². The fourth-order valence-electron chi connectivity index (χ4n) is 2.70. The van der Waals surface area contributed by atoms with Crippen molar-refractivity contribution in [1.29, 1.82) is 0 Å². The molecule has 0 aliphatic heterocycles. The van der Waals surface area contributed by atoms with Crippen molar-refractivity contribution in [1.82, 2.24) is 5.32 Å². The molecule has 1 unspecified atom stereocenters. The van der Waals surface area contributed by atoms with Crippen molar-refractivity contribution in [2.45, 2.75) is 59.5 Å². The van der Waals surface area contributed by atoms with E-state index in [2.05, 4.69) is 5.32 Å². The molecule has 0 saturated heterocycles. The summed E-state index contributed by atoms with van der Waals surface area (Å²) in [6, 6.07) is 3.65. The molecule has 0 saturated carbocycles. The maximum atomic E-state index is 12.8. The number of aliphatic carboxylic acids is 1. The minimum atomic E-state index is -0.879. The molecule has 21 heavy (non-hydrogen) atoms. The van der Waals surface area contributed by atoms with E-state index in [-0.39, 0.29) is 18.2 Å². The average Bonchev–Trinajstić information content (AvgIpc) is 2.32. The molecule has 1 rings (SSSR count). The van der Waals surface area contributed by atoms with Gasteiger partial charge in [-0.05, 0) is 38.3 Å². The van der Waals surface area contributed by atoms with Gasteiger partial charge in [0.05, 0.1) is 6.04 Å². The molecule has 0 aromatic heterocycles. The third-order valence-corrected chi connectivity index (χ3v) is 3.42. The maximum Gasteiger partial charge on any atom is 0.303 e. The van der Waals surface area contributed by atoms with Gasteiger partial charge in [0.25, 0.3) is 0 Å². The number of hydrogen-bond donors (Lipinski definition) is 2. The molecule has 1 aromatic rings. The molecule has 0 spiro atoms. The number of carboxylic acids is 1. The quantitative estimate of drug-likeness (QED) is 0.758. The molecule has 1 aromatic carbocycles. The number of benzene rings is 1. The monoisotopic (exact) mass is 291 g/mol. The Hall–Kier alpha value is -1.68. The predicted molar refractivity (Wildman–Crippen MR) is 83.9 cm³/mol. The Labute approximate surface area is 126 Å². The third-order valence-electron chi connectivity index (χ3n) is 3.42. The molecule has 2 N–H and O–H groups in total. The summed E-state index contributed by atoms with van der Waals surface area (Å²) in [7, 11) is 0. The van der Waals surface area contributed by atoms with Crippen molar-refractivity contribution in [3.8, 4) is 0 Å². The standard InChI is InChI=1S/C17H25NO3/c1-10(2)18-14(6-7-15(19)20)17(21)16-12(4)8-11(3)9-13(16)5/h8-10,14,18H,6-7H2,1-5H3,(H,19,20). The second kappa shape index (κ2) is 7.36. The lowest BCUT2D eigenvalue weighted by Gasteiger charge is -2.22. The molecular weight excluding hydrogens is 266 g/mol. The topological polar surface area (TPSA) is 66.4 Å². The van der Waals surface area contributed by atoms with E-state index >= 15 is 0 Å². The lowest BCUT2D eigenvalue weighted by molar-refractivity contribution is -0.137. The molecule has 0 fully saturated rings. The Balaban J connectivity index is 3.07. The number of Topliss-reactive ketones (excluding diaryl/α,β-unsaturated/α-hetero) is 1. The van der Waals surface area contributed by atoms with E-state index < -0.39 is 12.0 Å². The summed E-state index contributed by atoms with van der Waals surface area (Å²) in [5, 5.41) is 12.0. The van der Waals surface area contributed by atoms with Gasteiger partial charge in [-0.2, -0.15) is 0 Å². The van der Waals surface area contributed by atoms with Gasteiger partial charge in [-0.25, -0.2) is 0 Å². The summed E-state index contributed by atoms with van der Waals surface area (Å²) in [6.07, 6.45) is 0.291. The van der Waals surface area contributed by atoms with Gasteiger partial charge in [0.15, 0.2) is 5.78 Å². The van der Waals surface area contributed by atoms with Crippen LogP contribution in [0.15, 0.2) is 12.1 Å². The Kier molecular flexibility index (Phi) is 6.09. The normalized spacial score (nSPS) is 12.5. The zero-order valence-electron chi connectivity index (χ0n) is 13.5. The lowest BCUT2D eigenvalue weighted by atomic mass is 9.91. The Morgan fingerprint density at radius 3 is 2.10 bits per heavy atom. The highest BCUT2D eigenvalue weighted by Crippen LogP contribution is 2.20. The molecule has 0 heterocycles. The van der Waals surface area contributed by atoms with E-state index in [9.17, 15) is 9.59 Å². The van der Waals surface area contributed by atoms with Crippen molar-refractivity contribution < 1.29 is 14.7 Å². The van der Waals surface area contributed by atoms with Crippen LogP contribution in [-0.2, 0) is 4.79 Å². The van der Waals surface area contributed by atoms with E-state index in [0.717, 1.165) is 16.7 Å². The molecule has 0 aliphatic carbocycles. The summed E-state index contributed by atoms with van der Waals surface area (Å²) in [4.78, 5) is 23.6. The second-order valence-electron chi connectivity index (χ2n) is 5.94. The van der Waals surface area contributed by atoms with Crippen LogP contribution < -0.4 is 5.32 Å². The number of carboxylic acid groups (broad SMARTS) is 1. The van der Waals surface area contributed by atoms with Gasteiger partial charge in [-0.1, -0.05) is 31.5 Å². The van der Waals surface area contributed by atoms with Crippen LogP contribution in [0.3, 0.4) is 0 Å². The van der Waals surface area contributed by atoms with Crippen LogP contribution in [0.5, 0.6) is 0 Å². The van der Waals surface area contributed by atoms with Gasteiger partial charge < -0.3 is 10.4 Å². The summed E-state index contributed by atoms with van der Waals surface area (Å²) < 4.78 is 0. The summed E-state index contributed by atoms with van der Waals surface area (Å²) in [5.74, 6) is -0.893. The van der Waals surface area contributed by atoms with E-state index in [1.807, 2.05) is 46.8 Å². The van der Waals surface area contributed by atoms with Crippen LogP contribution in [0, 0.1) is 20.8 Å². The van der Waals surface area contributed by atoms with Gasteiger partial charge in [0.1, 0.15) is 0 Å². The first-order valence-corrected chi connectivity index (χ1v) is 7.32. The number of carbonyl (C=O) groups is 2. The number of hydrogen-bond acceptors (Lipinski definition) is 3. The maximum absolute atomic E-state index is 12.8. The lowest BCUT2D eigenvalue weighted by Crippen LogP contribution is -2.41. The fourth-order valence-corrected chi connectivity index (χ4v) is 2.70. The second-order valence-corrected chi connectivity index (χ2v) is 5.94.